The van der Waals surface area contributed by atoms with Gasteiger partial charge in [0.15, 0.2) is 6.10 Å². The van der Waals surface area contributed by atoms with Crippen molar-refractivity contribution in [1.29, 1.82) is 0 Å². The van der Waals surface area contributed by atoms with Crippen molar-refractivity contribution in [2.45, 2.75) is 12.6 Å². The number of benzene rings is 1. The standard InChI is InChI=1S/C15H17FN2O3/c16-13-4-3-11(2-1-5-17)8-12(13)9-18-15(19)14-10-20-6-7-21-14/h3-4,8,14H,5-7,9-10,17H2,(H,18,19). The fraction of sp³-hybridized carbons (Fsp3) is 0.400. The highest BCUT2D eigenvalue weighted by atomic mass is 19.1. The molecule has 1 amide bonds. The van der Waals surface area contributed by atoms with Crippen LogP contribution in [-0.4, -0.2) is 38.4 Å². The molecule has 0 spiro atoms. The number of amides is 1. The van der Waals surface area contributed by atoms with E-state index in [4.69, 9.17) is 15.2 Å². The van der Waals surface area contributed by atoms with Crippen LogP contribution in [0.3, 0.4) is 0 Å². The van der Waals surface area contributed by atoms with Crippen LogP contribution in [0.5, 0.6) is 0 Å². The lowest BCUT2D eigenvalue weighted by Crippen LogP contribution is -2.42. The third-order valence-corrected chi connectivity index (χ3v) is 2.94. The SMILES string of the molecule is NCC#Cc1ccc(F)c(CNC(=O)C2COCCO2)c1. The van der Waals surface area contributed by atoms with Crippen LogP contribution in [0.25, 0.3) is 0 Å². The first-order valence-corrected chi connectivity index (χ1v) is 6.65. The third kappa shape index (κ3) is 4.53. The number of carbonyl (C=O) groups is 1. The molecule has 1 atom stereocenters. The van der Waals surface area contributed by atoms with Crippen LogP contribution in [-0.2, 0) is 20.8 Å². The van der Waals surface area contributed by atoms with Crippen LogP contribution in [0.4, 0.5) is 4.39 Å². The molecule has 0 aliphatic carbocycles. The van der Waals surface area contributed by atoms with Crippen LogP contribution < -0.4 is 11.1 Å². The lowest BCUT2D eigenvalue weighted by molar-refractivity contribution is -0.147. The first kappa shape index (κ1) is 15.4. The average Bonchev–Trinajstić information content (AvgIpc) is 2.53. The van der Waals surface area contributed by atoms with Gasteiger partial charge in [0.25, 0.3) is 5.91 Å². The van der Waals surface area contributed by atoms with Crippen LogP contribution in [0.2, 0.25) is 0 Å². The van der Waals surface area contributed by atoms with Crippen molar-refractivity contribution in [2.75, 3.05) is 26.4 Å². The molecule has 0 radical (unpaired) electrons. The third-order valence-electron chi connectivity index (χ3n) is 2.94. The zero-order chi connectivity index (χ0) is 15.1. The molecule has 1 aromatic rings. The summed E-state index contributed by atoms with van der Waals surface area (Å²) in [6.07, 6.45) is -0.637. The van der Waals surface area contributed by atoms with Crippen molar-refractivity contribution < 1.29 is 18.7 Å². The molecule has 0 saturated carbocycles. The molecule has 1 saturated heterocycles. The van der Waals surface area contributed by atoms with E-state index in [-0.39, 0.29) is 25.6 Å². The molecule has 21 heavy (non-hydrogen) atoms. The van der Waals surface area contributed by atoms with Crippen molar-refractivity contribution in [2.24, 2.45) is 5.73 Å². The molecule has 2 rings (SSSR count). The number of halogens is 1. The number of hydrogen-bond donors (Lipinski definition) is 2. The van der Waals surface area contributed by atoms with Gasteiger partial charge in [-0.25, -0.2) is 4.39 Å². The lowest BCUT2D eigenvalue weighted by Gasteiger charge is -2.22. The second-order valence-corrected chi connectivity index (χ2v) is 4.46. The van der Waals surface area contributed by atoms with E-state index >= 15 is 0 Å². The van der Waals surface area contributed by atoms with E-state index in [9.17, 15) is 9.18 Å². The van der Waals surface area contributed by atoms with E-state index < -0.39 is 11.9 Å². The second kappa shape index (κ2) is 7.74. The number of carbonyl (C=O) groups excluding carboxylic acids is 1. The summed E-state index contributed by atoms with van der Waals surface area (Å²) in [4.78, 5) is 11.9. The molecule has 0 bridgehead atoms. The van der Waals surface area contributed by atoms with Gasteiger partial charge in [-0.2, -0.15) is 0 Å². The van der Waals surface area contributed by atoms with Gasteiger partial charge in [0, 0.05) is 17.7 Å². The largest absolute Gasteiger partial charge is 0.376 e. The van der Waals surface area contributed by atoms with Gasteiger partial charge in [-0.15, -0.1) is 0 Å². The minimum absolute atomic E-state index is 0.0721. The molecule has 1 aliphatic heterocycles. The van der Waals surface area contributed by atoms with Crippen molar-refractivity contribution in [1.82, 2.24) is 5.32 Å². The Bertz CT molecular complexity index is 560. The molecule has 3 N–H and O–H groups in total. The van der Waals surface area contributed by atoms with Crippen LogP contribution in [0.1, 0.15) is 11.1 Å². The van der Waals surface area contributed by atoms with Gasteiger partial charge in [0.2, 0.25) is 0 Å². The van der Waals surface area contributed by atoms with E-state index in [0.29, 0.717) is 24.3 Å². The van der Waals surface area contributed by atoms with Gasteiger partial charge in [-0.05, 0) is 18.2 Å². The summed E-state index contributed by atoms with van der Waals surface area (Å²) in [5.74, 6) is 4.82. The molecule has 1 unspecified atom stereocenters. The number of ether oxygens (including phenoxy) is 2. The van der Waals surface area contributed by atoms with E-state index in [1.165, 1.54) is 6.07 Å². The molecular weight excluding hydrogens is 275 g/mol. The molecule has 1 aromatic carbocycles. The highest BCUT2D eigenvalue weighted by molar-refractivity contribution is 5.81. The predicted molar refractivity (Wildman–Crippen MR) is 74.7 cm³/mol. The Morgan fingerprint density at radius 2 is 2.33 bits per heavy atom. The zero-order valence-corrected chi connectivity index (χ0v) is 11.5. The summed E-state index contributed by atoms with van der Waals surface area (Å²) >= 11 is 0. The number of rotatable bonds is 3. The molecule has 0 aromatic heterocycles. The number of nitrogens with one attached hydrogen (secondary N) is 1. The van der Waals surface area contributed by atoms with Crippen molar-refractivity contribution in [3.8, 4) is 11.8 Å². The summed E-state index contributed by atoms with van der Waals surface area (Å²) in [5.41, 5.74) is 6.32. The van der Waals surface area contributed by atoms with E-state index in [0.717, 1.165) is 0 Å². The first-order chi connectivity index (χ1) is 10.2. The quantitative estimate of drug-likeness (QED) is 0.779. The normalized spacial score (nSPS) is 17.7. The maximum atomic E-state index is 13.7. The van der Waals surface area contributed by atoms with E-state index in [1.807, 2.05) is 0 Å². The summed E-state index contributed by atoms with van der Waals surface area (Å²) in [5, 5.41) is 2.64. The molecule has 1 aliphatic rings. The molecule has 112 valence electrons. The van der Waals surface area contributed by atoms with Gasteiger partial charge in [-0.3, -0.25) is 4.79 Å². The summed E-state index contributed by atoms with van der Waals surface area (Å²) in [7, 11) is 0. The van der Waals surface area contributed by atoms with Crippen molar-refractivity contribution in [3.05, 3.63) is 35.1 Å². The molecular formula is C15H17FN2O3. The molecule has 1 fully saturated rings. The molecule has 5 nitrogen and oxygen atoms in total. The highest BCUT2D eigenvalue weighted by Crippen LogP contribution is 2.10. The Kier molecular flexibility index (Phi) is 5.69. The predicted octanol–water partition coefficient (Wildman–Crippen LogP) is 0.167. The zero-order valence-electron chi connectivity index (χ0n) is 11.5. The molecule has 1 heterocycles. The number of hydrogen-bond acceptors (Lipinski definition) is 4. The fourth-order valence-electron chi connectivity index (χ4n) is 1.88. The van der Waals surface area contributed by atoms with Gasteiger partial charge >= 0.3 is 0 Å². The minimum atomic E-state index is -0.637. The second-order valence-electron chi connectivity index (χ2n) is 4.46. The summed E-state index contributed by atoms with van der Waals surface area (Å²) in [6, 6.07) is 4.49. The van der Waals surface area contributed by atoms with E-state index in [1.54, 1.807) is 12.1 Å². The highest BCUT2D eigenvalue weighted by Gasteiger charge is 2.22. The summed E-state index contributed by atoms with van der Waals surface area (Å²) < 4.78 is 24.1. The molecule has 6 heteroatoms. The maximum absolute atomic E-state index is 13.7. The van der Waals surface area contributed by atoms with Gasteiger partial charge in [0.05, 0.1) is 26.4 Å². The topological polar surface area (TPSA) is 73.6 Å². The Labute approximate surface area is 122 Å². The minimum Gasteiger partial charge on any atom is -0.376 e. The Hall–Kier alpha value is -1.94. The number of nitrogens with two attached hydrogens (primary N) is 1. The van der Waals surface area contributed by atoms with Gasteiger partial charge < -0.3 is 20.5 Å². The monoisotopic (exact) mass is 292 g/mol. The summed E-state index contributed by atoms with van der Waals surface area (Å²) in [6.45, 7) is 1.40. The van der Waals surface area contributed by atoms with Crippen LogP contribution in [0.15, 0.2) is 18.2 Å². The van der Waals surface area contributed by atoms with Gasteiger partial charge in [-0.1, -0.05) is 11.8 Å². The van der Waals surface area contributed by atoms with E-state index in [2.05, 4.69) is 17.2 Å². The van der Waals surface area contributed by atoms with Crippen LogP contribution in [0, 0.1) is 17.7 Å². The average molecular weight is 292 g/mol. The Morgan fingerprint density at radius 3 is 3.05 bits per heavy atom. The van der Waals surface area contributed by atoms with Crippen LogP contribution >= 0.6 is 0 Å². The smallest absolute Gasteiger partial charge is 0.251 e. The lowest BCUT2D eigenvalue weighted by atomic mass is 10.1. The maximum Gasteiger partial charge on any atom is 0.251 e. The Balaban J connectivity index is 1.96. The van der Waals surface area contributed by atoms with Crippen molar-refractivity contribution >= 4 is 5.91 Å². The fourth-order valence-corrected chi connectivity index (χ4v) is 1.88. The van der Waals surface area contributed by atoms with Crippen molar-refractivity contribution in [3.63, 3.8) is 0 Å². The first-order valence-electron chi connectivity index (χ1n) is 6.65. The van der Waals surface area contributed by atoms with Gasteiger partial charge in [0.1, 0.15) is 5.82 Å². The Morgan fingerprint density at radius 1 is 1.48 bits per heavy atom.